The van der Waals surface area contributed by atoms with Gasteiger partial charge in [0.25, 0.3) is 5.69 Å². The first-order valence-corrected chi connectivity index (χ1v) is 7.51. The molecule has 1 aliphatic carbocycles. The quantitative estimate of drug-likeness (QED) is 0.415. The number of rotatable bonds is 2. The molecule has 4 rings (SSSR count). The van der Waals surface area contributed by atoms with E-state index < -0.39 is 4.92 Å². The average molecular weight is 330 g/mol. The van der Waals surface area contributed by atoms with Gasteiger partial charge in [-0.1, -0.05) is 36.4 Å². The largest absolute Gasteiger partial charge is 0.288 e. The number of nitro groups is 1. The van der Waals surface area contributed by atoms with Crippen LogP contribution >= 0.6 is 0 Å². The third kappa shape index (κ3) is 2.15. The van der Waals surface area contributed by atoms with Gasteiger partial charge in [-0.2, -0.15) is 0 Å². The van der Waals surface area contributed by atoms with Gasteiger partial charge in [0, 0.05) is 29.0 Å². The lowest BCUT2D eigenvalue weighted by Crippen LogP contribution is -2.23. The number of carbonyl (C=O) groups is 2. The predicted molar refractivity (Wildman–Crippen MR) is 89.6 cm³/mol. The lowest BCUT2D eigenvalue weighted by atomic mass is 9.83. The minimum absolute atomic E-state index is 0.0272. The number of pyridine rings is 1. The molecule has 3 aromatic rings. The fourth-order valence-corrected chi connectivity index (χ4v) is 3.09. The van der Waals surface area contributed by atoms with Crippen LogP contribution in [-0.2, 0) is 0 Å². The molecule has 0 saturated carbocycles. The van der Waals surface area contributed by atoms with Gasteiger partial charge in [0.2, 0.25) is 5.78 Å². The molecule has 25 heavy (non-hydrogen) atoms. The van der Waals surface area contributed by atoms with Crippen LogP contribution in [0, 0.1) is 10.1 Å². The van der Waals surface area contributed by atoms with E-state index >= 15 is 0 Å². The van der Waals surface area contributed by atoms with Crippen LogP contribution in [0.3, 0.4) is 0 Å². The van der Waals surface area contributed by atoms with Gasteiger partial charge in [0.15, 0.2) is 5.78 Å². The monoisotopic (exact) mass is 330 g/mol. The van der Waals surface area contributed by atoms with Gasteiger partial charge in [-0.05, 0) is 12.1 Å². The van der Waals surface area contributed by atoms with Gasteiger partial charge in [-0.3, -0.25) is 24.7 Å². The number of aromatic nitrogens is 1. The van der Waals surface area contributed by atoms with E-state index in [1.54, 1.807) is 42.5 Å². The smallest absolute Gasteiger partial charge is 0.277 e. The lowest BCUT2D eigenvalue weighted by Gasteiger charge is -2.19. The van der Waals surface area contributed by atoms with E-state index in [1.807, 2.05) is 0 Å². The zero-order valence-electron chi connectivity index (χ0n) is 12.8. The summed E-state index contributed by atoms with van der Waals surface area (Å²) in [6, 6.07) is 14.2. The second-order valence-electron chi connectivity index (χ2n) is 5.56. The van der Waals surface area contributed by atoms with Crippen LogP contribution in [0.25, 0.3) is 11.1 Å². The Balaban J connectivity index is 2.03. The molecule has 0 fully saturated rings. The minimum atomic E-state index is -0.509. The zero-order chi connectivity index (χ0) is 17.6. The molecule has 0 atom stereocenters. The maximum atomic E-state index is 13.0. The van der Waals surface area contributed by atoms with Gasteiger partial charge in [0.1, 0.15) is 5.69 Å². The topological polar surface area (TPSA) is 90.2 Å². The molecule has 0 N–H and O–H groups in total. The Kier molecular flexibility index (Phi) is 3.25. The highest BCUT2D eigenvalue weighted by Crippen LogP contribution is 2.36. The molecule has 6 heteroatoms. The van der Waals surface area contributed by atoms with Crippen LogP contribution in [0.2, 0.25) is 0 Å². The van der Waals surface area contributed by atoms with Crippen molar-refractivity contribution in [3.05, 3.63) is 93.3 Å². The number of fused-ring (bicyclic) bond motifs is 2. The molecule has 1 heterocycles. The van der Waals surface area contributed by atoms with Crippen LogP contribution in [0.15, 0.2) is 60.8 Å². The van der Waals surface area contributed by atoms with Crippen molar-refractivity contribution in [2.45, 2.75) is 0 Å². The molecular formula is C19H10N2O4. The molecule has 0 spiro atoms. The van der Waals surface area contributed by atoms with Gasteiger partial charge in [0.05, 0.1) is 16.1 Å². The number of para-hydroxylation sites is 1. The summed E-state index contributed by atoms with van der Waals surface area (Å²) in [7, 11) is 0. The molecule has 0 bridgehead atoms. The molecule has 1 aromatic heterocycles. The molecule has 1 aliphatic rings. The van der Waals surface area contributed by atoms with Crippen molar-refractivity contribution in [1.29, 1.82) is 0 Å². The SMILES string of the molecule is O=C1c2ccccc2C(=O)c2c(-c3ccccc3[N+](=O)[O-])ccnc21. The normalized spacial score (nSPS) is 12.5. The van der Waals surface area contributed by atoms with E-state index in [2.05, 4.69) is 4.98 Å². The van der Waals surface area contributed by atoms with E-state index in [1.165, 1.54) is 18.3 Å². The Morgan fingerprint density at radius 3 is 2.04 bits per heavy atom. The summed E-state index contributed by atoms with van der Waals surface area (Å²) in [5, 5.41) is 11.3. The maximum absolute atomic E-state index is 13.0. The van der Waals surface area contributed by atoms with Gasteiger partial charge < -0.3 is 0 Å². The van der Waals surface area contributed by atoms with Gasteiger partial charge >= 0.3 is 0 Å². The number of benzene rings is 2. The molecule has 0 unspecified atom stereocenters. The molecule has 0 aliphatic heterocycles. The molecule has 6 nitrogen and oxygen atoms in total. The molecular weight excluding hydrogens is 320 g/mol. The van der Waals surface area contributed by atoms with Crippen molar-refractivity contribution >= 4 is 17.3 Å². The van der Waals surface area contributed by atoms with Crippen molar-refractivity contribution < 1.29 is 14.5 Å². The first kappa shape index (κ1) is 14.9. The van der Waals surface area contributed by atoms with Crippen molar-refractivity contribution in [2.75, 3.05) is 0 Å². The molecule has 0 radical (unpaired) electrons. The Bertz CT molecular complexity index is 1070. The fraction of sp³-hybridized carbons (Fsp3) is 0. The molecule has 2 aromatic carbocycles. The summed E-state index contributed by atoms with van der Waals surface area (Å²) < 4.78 is 0. The third-order valence-corrected chi connectivity index (χ3v) is 4.20. The summed E-state index contributed by atoms with van der Waals surface area (Å²) >= 11 is 0. The second-order valence-corrected chi connectivity index (χ2v) is 5.56. The number of hydrogen-bond acceptors (Lipinski definition) is 5. The maximum Gasteiger partial charge on any atom is 0.277 e. The number of carbonyl (C=O) groups excluding carboxylic acids is 2. The lowest BCUT2D eigenvalue weighted by molar-refractivity contribution is -0.384. The number of ketones is 2. The summed E-state index contributed by atoms with van der Waals surface area (Å²) in [6.07, 6.45) is 1.39. The highest BCUT2D eigenvalue weighted by molar-refractivity contribution is 6.29. The predicted octanol–water partition coefficient (Wildman–Crippen LogP) is 3.43. The highest BCUT2D eigenvalue weighted by Gasteiger charge is 2.34. The minimum Gasteiger partial charge on any atom is -0.288 e. The average Bonchev–Trinajstić information content (AvgIpc) is 2.65. The first-order chi connectivity index (χ1) is 12.1. The Morgan fingerprint density at radius 1 is 0.760 bits per heavy atom. The summed E-state index contributed by atoms with van der Waals surface area (Å²) in [6.45, 7) is 0. The van der Waals surface area contributed by atoms with Crippen LogP contribution in [0.1, 0.15) is 32.0 Å². The zero-order valence-corrected chi connectivity index (χ0v) is 12.8. The summed E-state index contributed by atoms with van der Waals surface area (Å²) in [5.41, 5.74) is 1.21. The Hall–Kier alpha value is -3.67. The van der Waals surface area contributed by atoms with Gasteiger partial charge in [-0.25, -0.2) is 0 Å². The first-order valence-electron chi connectivity index (χ1n) is 7.51. The standard InChI is InChI=1S/C19H10N2O4/c22-18-13-6-1-2-7-14(13)19(23)17-16(18)12(9-10-20-17)11-5-3-4-8-15(11)21(24)25/h1-10H. The van der Waals surface area contributed by atoms with E-state index in [-0.39, 0.29) is 39.6 Å². The summed E-state index contributed by atoms with van der Waals surface area (Å²) in [4.78, 5) is 40.6. The van der Waals surface area contributed by atoms with E-state index in [0.29, 0.717) is 11.1 Å². The van der Waals surface area contributed by atoms with Crippen LogP contribution in [0.5, 0.6) is 0 Å². The third-order valence-electron chi connectivity index (χ3n) is 4.20. The molecule has 0 amide bonds. The number of nitro benzene ring substituents is 1. The molecule has 120 valence electrons. The number of nitrogens with zero attached hydrogens (tertiary/aromatic N) is 2. The highest BCUT2D eigenvalue weighted by atomic mass is 16.6. The van der Waals surface area contributed by atoms with E-state index in [4.69, 9.17) is 0 Å². The Morgan fingerprint density at radius 2 is 1.36 bits per heavy atom. The molecule has 0 saturated heterocycles. The van der Waals surface area contributed by atoms with Crippen molar-refractivity contribution in [2.24, 2.45) is 0 Å². The van der Waals surface area contributed by atoms with Crippen molar-refractivity contribution in [1.82, 2.24) is 4.98 Å². The van der Waals surface area contributed by atoms with Crippen LogP contribution in [-0.4, -0.2) is 21.5 Å². The van der Waals surface area contributed by atoms with E-state index in [9.17, 15) is 19.7 Å². The Labute approximate surface area is 141 Å². The van der Waals surface area contributed by atoms with Crippen molar-refractivity contribution in [3.63, 3.8) is 0 Å². The summed E-state index contributed by atoms with van der Waals surface area (Å²) in [5.74, 6) is -0.711. The van der Waals surface area contributed by atoms with Gasteiger partial charge in [-0.15, -0.1) is 0 Å². The number of hydrogen-bond donors (Lipinski definition) is 0. The van der Waals surface area contributed by atoms with Crippen LogP contribution < -0.4 is 0 Å². The van der Waals surface area contributed by atoms with E-state index in [0.717, 1.165) is 0 Å². The fourth-order valence-electron chi connectivity index (χ4n) is 3.09. The second kappa shape index (κ2) is 5.45. The van der Waals surface area contributed by atoms with Crippen molar-refractivity contribution in [3.8, 4) is 11.1 Å². The van der Waals surface area contributed by atoms with Crippen LogP contribution in [0.4, 0.5) is 5.69 Å².